The highest BCUT2D eigenvalue weighted by Crippen LogP contribution is 2.36. The number of pyridine rings is 1. The van der Waals surface area contributed by atoms with Crippen LogP contribution in [-0.4, -0.2) is 11.6 Å². The smallest absolute Gasteiger partial charge is 0.388 e. The summed E-state index contributed by atoms with van der Waals surface area (Å²) in [6.07, 6.45) is 6.71. The minimum absolute atomic E-state index is 0.0586. The molecule has 0 amide bonds. The highest BCUT2D eigenvalue weighted by molar-refractivity contribution is 5.63. The largest absolute Gasteiger partial charge is 0.417 e. The van der Waals surface area contributed by atoms with Crippen LogP contribution in [-0.2, 0) is 0 Å². The molecule has 0 saturated heterocycles. The maximum absolute atomic E-state index is 12.1. The van der Waals surface area contributed by atoms with Gasteiger partial charge < -0.3 is 4.74 Å². The molecule has 0 radical (unpaired) electrons. The zero-order valence-corrected chi connectivity index (χ0v) is 13.2. The van der Waals surface area contributed by atoms with Crippen molar-refractivity contribution >= 4 is 0 Å². The molecule has 0 spiro atoms. The van der Waals surface area contributed by atoms with Gasteiger partial charge in [0, 0.05) is 17.8 Å². The van der Waals surface area contributed by atoms with Crippen molar-refractivity contribution in [1.82, 2.24) is 4.98 Å². The van der Waals surface area contributed by atoms with E-state index < -0.39 is 6.61 Å². The van der Waals surface area contributed by atoms with Gasteiger partial charge in [0.25, 0.3) is 0 Å². The summed E-state index contributed by atoms with van der Waals surface area (Å²) in [5.41, 5.74) is 3.33. The van der Waals surface area contributed by atoms with Crippen LogP contribution < -0.4 is 4.74 Å². The molecule has 4 heteroatoms. The normalized spacial score (nSPS) is 21.4. The molecule has 1 heterocycles. The van der Waals surface area contributed by atoms with E-state index in [0.717, 1.165) is 17.0 Å². The van der Waals surface area contributed by atoms with E-state index in [1.165, 1.54) is 37.3 Å². The van der Waals surface area contributed by atoms with Crippen LogP contribution in [0.2, 0.25) is 0 Å². The Morgan fingerprint density at radius 1 is 0.957 bits per heavy atom. The first kappa shape index (κ1) is 15.9. The van der Waals surface area contributed by atoms with Gasteiger partial charge in [-0.25, -0.2) is 4.98 Å². The van der Waals surface area contributed by atoms with Crippen LogP contribution in [0.1, 0.15) is 44.1 Å². The molecule has 0 unspecified atom stereocenters. The van der Waals surface area contributed by atoms with E-state index in [-0.39, 0.29) is 5.88 Å². The topological polar surface area (TPSA) is 22.1 Å². The van der Waals surface area contributed by atoms with E-state index in [0.29, 0.717) is 5.92 Å². The van der Waals surface area contributed by atoms with Gasteiger partial charge in [-0.05, 0) is 41.9 Å². The van der Waals surface area contributed by atoms with Gasteiger partial charge in [-0.15, -0.1) is 0 Å². The fraction of sp³-hybridized carbons (Fsp3) is 0.421. The van der Waals surface area contributed by atoms with Gasteiger partial charge in [0.2, 0.25) is 5.88 Å². The van der Waals surface area contributed by atoms with Crippen molar-refractivity contribution in [3.63, 3.8) is 0 Å². The van der Waals surface area contributed by atoms with Crippen LogP contribution in [0.25, 0.3) is 11.1 Å². The molecule has 1 fully saturated rings. The molecule has 0 atom stereocenters. The van der Waals surface area contributed by atoms with Crippen molar-refractivity contribution in [2.45, 2.75) is 45.1 Å². The number of halogens is 2. The molecule has 1 saturated carbocycles. The van der Waals surface area contributed by atoms with Crippen molar-refractivity contribution in [1.29, 1.82) is 0 Å². The SMILES string of the molecule is CC1CCC(c2ccc(-c3ccc(OC(F)F)nc3)cc2)CC1. The average molecular weight is 317 g/mol. The van der Waals surface area contributed by atoms with Gasteiger partial charge >= 0.3 is 6.61 Å². The highest BCUT2D eigenvalue weighted by Gasteiger charge is 2.19. The van der Waals surface area contributed by atoms with E-state index in [1.54, 1.807) is 12.3 Å². The summed E-state index contributed by atoms with van der Waals surface area (Å²) in [6.45, 7) is -0.515. The number of hydrogen-bond acceptors (Lipinski definition) is 2. The van der Waals surface area contributed by atoms with Gasteiger partial charge in [-0.3, -0.25) is 0 Å². The first-order valence-electron chi connectivity index (χ1n) is 8.13. The van der Waals surface area contributed by atoms with Crippen molar-refractivity contribution in [2.75, 3.05) is 0 Å². The Hall–Kier alpha value is -1.97. The summed E-state index contributed by atoms with van der Waals surface area (Å²) < 4.78 is 28.5. The third kappa shape index (κ3) is 4.06. The standard InChI is InChI=1S/C19H21F2NO/c1-13-2-4-14(5-3-13)15-6-8-16(9-7-15)17-10-11-18(22-12-17)23-19(20)21/h6-14,19H,2-5H2,1H3. The Labute approximate surface area is 135 Å². The van der Waals surface area contributed by atoms with E-state index in [1.807, 2.05) is 0 Å². The first-order chi connectivity index (χ1) is 11.1. The Kier molecular flexibility index (Phi) is 4.89. The summed E-state index contributed by atoms with van der Waals surface area (Å²) in [5, 5.41) is 0. The second-order valence-electron chi connectivity index (χ2n) is 6.34. The van der Waals surface area contributed by atoms with Crippen LogP contribution in [0.15, 0.2) is 42.6 Å². The predicted molar refractivity (Wildman–Crippen MR) is 86.7 cm³/mol. The zero-order chi connectivity index (χ0) is 16.2. The number of benzene rings is 1. The third-order valence-electron chi connectivity index (χ3n) is 4.68. The second kappa shape index (κ2) is 7.07. The lowest BCUT2D eigenvalue weighted by Gasteiger charge is -2.26. The van der Waals surface area contributed by atoms with E-state index in [2.05, 4.69) is 40.9 Å². The highest BCUT2D eigenvalue weighted by atomic mass is 19.3. The number of hydrogen-bond donors (Lipinski definition) is 0. The molecule has 0 aliphatic heterocycles. The van der Waals surface area contributed by atoms with E-state index in [4.69, 9.17) is 0 Å². The molecule has 2 nitrogen and oxygen atoms in total. The number of rotatable bonds is 4. The maximum Gasteiger partial charge on any atom is 0.388 e. The lowest BCUT2D eigenvalue weighted by molar-refractivity contribution is -0.0528. The van der Waals surface area contributed by atoms with Crippen LogP contribution in [0.4, 0.5) is 8.78 Å². The van der Waals surface area contributed by atoms with Gasteiger partial charge in [-0.1, -0.05) is 44.0 Å². The Balaban J connectivity index is 1.69. The van der Waals surface area contributed by atoms with Crippen LogP contribution in [0.5, 0.6) is 5.88 Å². The number of ether oxygens (including phenoxy) is 1. The molecular formula is C19H21F2NO. The monoisotopic (exact) mass is 317 g/mol. The molecule has 122 valence electrons. The van der Waals surface area contributed by atoms with Crippen molar-refractivity contribution in [2.24, 2.45) is 5.92 Å². The van der Waals surface area contributed by atoms with Gasteiger partial charge in [-0.2, -0.15) is 8.78 Å². The summed E-state index contributed by atoms with van der Waals surface area (Å²) in [5.74, 6) is 1.46. The number of alkyl halides is 2. The lowest BCUT2D eigenvalue weighted by Crippen LogP contribution is -2.10. The summed E-state index contributed by atoms with van der Waals surface area (Å²) in [6, 6.07) is 11.7. The first-order valence-corrected chi connectivity index (χ1v) is 8.13. The molecule has 1 aromatic carbocycles. The predicted octanol–water partition coefficient (Wildman–Crippen LogP) is 5.64. The molecule has 23 heavy (non-hydrogen) atoms. The fourth-order valence-corrected chi connectivity index (χ4v) is 3.25. The van der Waals surface area contributed by atoms with Gasteiger partial charge in [0.1, 0.15) is 0 Å². The van der Waals surface area contributed by atoms with Crippen LogP contribution in [0.3, 0.4) is 0 Å². The molecular weight excluding hydrogens is 296 g/mol. The fourth-order valence-electron chi connectivity index (χ4n) is 3.25. The Morgan fingerprint density at radius 2 is 1.61 bits per heavy atom. The zero-order valence-electron chi connectivity index (χ0n) is 13.2. The summed E-state index contributed by atoms with van der Waals surface area (Å²) in [4.78, 5) is 3.91. The molecule has 2 aromatic rings. The molecule has 1 aliphatic carbocycles. The Bertz CT molecular complexity index is 617. The van der Waals surface area contributed by atoms with Crippen LogP contribution in [0, 0.1) is 5.92 Å². The van der Waals surface area contributed by atoms with Crippen LogP contribution >= 0.6 is 0 Å². The quantitative estimate of drug-likeness (QED) is 0.727. The van der Waals surface area contributed by atoms with Crippen molar-refractivity contribution in [3.05, 3.63) is 48.2 Å². The number of aromatic nitrogens is 1. The van der Waals surface area contributed by atoms with E-state index >= 15 is 0 Å². The maximum atomic E-state index is 12.1. The minimum Gasteiger partial charge on any atom is -0.417 e. The second-order valence-corrected chi connectivity index (χ2v) is 6.34. The molecule has 3 rings (SSSR count). The average Bonchev–Trinajstić information content (AvgIpc) is 2.56. The minimum atomic E-state index is -2.84. The molecule has 0 bridgehead atoms. The summed E-state index contributed by atoms with van der Waals surface area (Å²) >= 11 is 0. The van der Waals surface area contributed by atoms with Crippen molar-refractivity contribution < 1.29 is 13.5 Å². The summed E-state index contributed by atoms with van der Waals surface area (Å²) in [7, 11) is 0. The van der Waals surface area contributed by atoms with Gasteiger partial charge in [0.15, 0.2) is 0 Å². The lowest BCUT2D eigenvalue weighted by atomic mass is 9.79. The van der Waals surface area contributed by atoms with Crippen molar-refractivity contribution in [3.8, 4) is 17.0 Å². The molecule has 0 N–H and O–H groups in total. The third-order valence-corrected chi connectivity index (χ3v) is 4.68. The van der Waals surface area contributed by atoms with Gasteiger partial charge in [0.05, 0.1) is 0 Å². The molecule has 1 aliphatic rings. The molecule has 1 aromatic heterocycles. The van der Waals surface area contributed by atoms with E-state index in [9.17, 15) is 8.78 Å². The number of nitrogens with zero attached hydrogens (tertiary/aromatic N) is 1. The Morgan fingerprint density at radius 3 is 2.17 bits per heavy atom.